The zero-order valence-corrected chi connectivity index (χ0v) is 27.0. The molecule has 0 atom stereocenters. The number of benzene rings is 3. The molecule has 0 unspecified atom stereocenters. The highest BCUT2D eigenvalue weighted by molar-refractivity contribution is 7.98. The van der Waals surface area contributed by atoms with Gasteiger partial charge >= 0.3 is 0 Å². The molecule has 48 heavy (non-hydrogen) atoms. The lowest BCUT2D eigenvalue weighted by molar-refractivity contribution is 0.00858. The number of halogens is 4. The molecule has 7 nitrogen and oxygen atoms in total. The van der Waals surface area contributed by atoms with Gasteiger partial charge in [-0.15, -0.1) is 0 Å². The van der Waals surface area contributed by atoms with Gasteiger partial charge in [-0.05, 0) is 72.8 Å². The van der Waals surface area contributed by atoms with Gasteiger partial charge in [0.25, 0.3) is 5.91 Å². The Bertz CT molecular complexity index is 2040. The number of alkyl halides is 2. The van der Waals surface area contributed by atoms with Crippen molar-refractivity contribution in [3.8, 4) is 23.2 Å². The van der Waals surface area contributed by atoms with Crippen molar-refractivity contribution in [2.45, 2.75) is 57.9 Å². The van der Waals surface area contributed by atoms with E-state index >= 15 is 4.39 Å². The molecule has 1 saturated carbocycles. The van der Waals surface area contributed by atoms with E-state index in [0.29, 0.717) is 44.5 Å². The lowest BCUT2D eigenvalue weighted by Gasteiger charge is -2.25. The number of carbonyl (C=O) groups excluding carboxylic acids is 1. The number of ether oxygens (including phenoxy) is 1. The molecule has 0 bridgehead atoms. The average Bonchev–Trinajstić information content (AvgIpc) is 3.85. The summed E-state index contributed by atoms with van der Waals surface area (Å²) in [6, 6.07) is 20.5. The first-order valence-electron chi connectivity index (χ1n) is 15.3. The average molecular weight is 674 g/mol. The van der Waals surface area contributed by atoms with Crippen LogP contribution in [0.15, 0.2) is 72.8 Å². The minimum Gasteiger partial charge on any atom is -0.473 e. The number of nitriles is 1. The van der Waals surface area contributed by atoms with Crippen LogP contribution in [0.2, 0.25) is 0 Å². The summed E-state index contributed by atoms with van der Waals surface area (Å²) in [5.74, 6) is -0.788. The highest BCUT2D eigenvalue weighted by Crippen LogP contribution is 2.33. The molecule has 5 aromatic rings. The molecule has 1 aliphatic rings. The third-order valence-electron chi connectivity index (χ3n) is 8.07. The Labute approximate surface area is 279 Å². The Kier molecular flexibility index (Phi) is 9.42. The van der Waals surface area contributed by atoms with Crippen molar-refractivity contribution in [3.63, 3.8) is 0 Å². The number of nitrogens with zero attached hydrogens (tertiary/aromatic N) is 4. The zero-order valence-electron chi connectivity index (χ0n) is 26.1. The van der Waals surface area contributed by atoms with Crippen LogP contribution < -0.4 is 9.46 Å². The van der Waals surface area contributed by atoms with Crippen LogP contribution in [0.5, 0.6) is 5.88 Å². The third-order valence-corrected chi connectivity index (χ3v) is 9.18. The summed E-state index contributed by atoms with van der Waals surface area (Å²) in [7, 11) is 0. The second kappa shape index (κ2) is 13.7. The van der Waals surface area contributed by atoms with E-state index in [1.807, 2.05) is 6.07 Å². The van der Waals surface area contributed by atoms with Crippen molar-refractivity contribution in [2.24, 2.45) is 5.41 Å². The van der Waals surface area contributed by atoms with Crippen LogP contribution in [0.3, 0.4) is 0 Å². The molecule has 2 aromatic heterocycles. The fourth-order valence-electron chi connectivity index (χ4n) is 5.05. The van der Waals surface area contributed by atoms with Crippen LogP contribution in [-0.2, 0) is 19.6 Å². The number of pyridine rings is 1. The van der Waals surface area contributed by atoms with Crippen molar-refractivity contribution in [2.75, 3.05) is 0 Å². The largest absolute Gasteiger partial charge is 0.473 e. The summed E-state index contributed by atoms with van der Waals surface area (Å²) >= 11 is 1.38. The normalized spacial score (nSPS) is 13.1. The van der Waals surface area contributed by atoms with Gasteiger partial charge in [0, 0.05) is 46.4 Å². The Balaban J connectivity index is 1.24. The molecule has 12 heteroatoms. The Hall–Kier alpha value is -4.89. The first-order valence-corrected chi connectivity index (χ1v) is 16.2. The number of rotatable bonds is 12. The van der Waals surface area contributed by atoms with Crippen LogP contribution in [0.25, 0.3) is 22.3 Å². The molecule has 2 heterocycles. The van der Waals surface area contributed by atoms with Crippen molar-refractivity contribution in [1.29, 1.82) is 5.26 Å². The molecule has 0 saturated heterocycles. The van der Waals surface area contributed by atoms with Crippen LogP contribution in [0, 0.1) is 28.4 Å². The number of hydrogen-bond donors (Lipinski definition) is 1. The number of nitrogens with one attached hydrogen (secondary N) is 1. The molecule has 0 spiro atoms. The van der Waals surface area contributed by atoms with Crippen molar-refractivity contribution in [3.05, 3.63) is 113 Å². The zero-order chi connectivity index (χ0) is 34.0. The van der Waals surface area contributed by atoms with Crippen LogP contribution in [-0.4, -0.2) is 32.1 Å². The second-order valence-corrected chi connectivity index (χ2v) is 13.5. The lowest BCUT2D eigenvalue weighted by Crippen LogP contribution is -2.28. The van der Waals surface area contributed by atoms with Gasteiger partial charge in [0.1, 0.15) is 24.1 Å². The fourth-order valence-corrected chi connectivity index (χ4v) is 5.81. The van der Waals surface area contributed by atoms with Crippen molar-refractivity contribution in [1.82, 2.24) is 19.3 Å². The smallest absolute Gasteiger partial charge is 0.261 e. The van der Waals surface area contributed by atoms with E-state index < -0.39 is 23.5 Å². The summed E-state index contributed by atoms with van der Waals surface area (Å²) < 4.78 is 68.1. The third kappa shape index (κ3) is 7.47. The molecule has 1 fully saturated rings. The van der Waals surface area contributed by atoms with E-state index in [1.165, 1.54) is 44.0 Å². The fraction of sp³-hybridized carbons (Fsp3) is 0.278. The minimum atomic E-state index is -2.63. The molecule has 6 rings (SSSR count). The molecule has 1 aliphatic carbocycles. The monoisotopic (exact) mass is 673 g/mol. The van der Waals surface area contributed by atoms with Gasteiger partial charge in [-0.1, -0.05) is 38.1 Å². The number of hydrogen-bond acceptors (Lipinski definition) is 6. The molecular formula is C36H31F4N5O2S. The van der Waals surface area contributed by atoms with E-state index in [4.69, 9.17) is 10.00 Å². The Morgan fingerprint density at radius 2 is 1.81 bits per heavy atom. The number of aromatic nitrogens is 3. The highest BCUT2D eigenvalue weighted by atomic mass is 32.2. The van der Waals surface area contributed by atoms with Gasteiger partial charge in [0.05, 0.1) is 28.4 Å². The maximum atomic E-state index is 15.6. The molecule has 0 aliphatic heterocycles. The maximum absolute atomic E-state index is 15.6. The van der Waals surface area contributed by atoms with Gasteiger partial charge in [-0.3, -0.25) is 9.52 Å². The predicted octanol–water partition coefficient (Wildman–Crippen LogP) is 8.25. The van der Waals surface area contributed by atoms with E-state index in [1.54, 1.807) is 53.1 Å². The van der Waals surface area contributed by atoms with Crippen LogP contribution in [0.1, 0.15) is 59.6 Å². The Morgan fingerprint density at radius 3 is 2.52 bits per heavy atom. The SMILES string of the molecule is CC(C)(Cn1c(Cc2ccc(-c3cccc(OCc4ccc(C#N)cc4F)n3)cc2F)nc2ccc(C(=O)NSC3CC3)cc21)C(F)F. The first-order chi connectivity index (χ1) is 23.0. The van der Waals surface area contributed by atoms with E-state index in [2.05, 4.69) is 14.7 Å². The number of amides is 1. The minimum absolute atomic E-state index is 0.0197. The predicted molar refractivity (Wildman–Crippen MR) is 175 cm³/mol. The second-order valence-electron chi connectivity index (χ2n) is 12.4. The standard InChI is InChI=1S/C36H31F4N5O2S/c1-36(2,35(39)40)20-45-31-16-24(34(46)44-48-26-11-12-26)10-13-30(31)42-32(45)17-22-8-9-23(15-28(22)38)29-4-3-5-33(43-29)47-19-25-7-6-21(18-41)14-27(25)37/h3-10,13-16,26,35H,11-12,17,19-20H2,1-2H3,(H,44,46). The molecule has 1 amide bonds. The summed E-state index contributed by atoms with van der Waals surface area (Å²) in [5.41, 5.74) is 1.65. The first kappa shape index (κ1) is 33.0. The summed E-state index contributed by atoms with van der Waals surface area (Å²) in [4.78, 5) is 21.9. The summed E-state index contributed by atoms with van der Waals surface area (Å²) in [6.45, 7) is 2.70. The van der Waals surface area contributed by atoms with E-state index in [9.17, 15) is 18.0 Å². The van der Waals surface area contributed by atoms with Crippen LogP contribution >= 0.6 is 11.9 Å². The number of imidazole rings is 1. The molecule has 3 aromatic carbocycles. The van der Waals surface area contributed by atoms with Crippen LogP contribution in [0.4, 0.5) is 17.6 Å². The lowest BCUT2D eigenvalue weighted by atomic mass is 9.94. The molecular weight excluding hydrogens is 642 g/mol. The molecule has 1 N–H and O–H groups in total. The van der Waals surface area contributed by atoms with Gasteiger partial charge in [-0.2, -0.15) is 5.26 Å². The van der Waals surface area contributed by atoms with Gasteiger partial charge < -0.3 is 9.30 Å². The molecule has 0 radical (unpaired) electrons. The summed E-state index contributed by atoms with van der Waals surface area (Å²) in [6.07, 6.45) is -0.496. The number of fused-ring (bicyclic) bond motifs is 1. The van der Waals surface area contributed by atoms with Gasteiger partial charge in [0.2, 0.25) is 12.3 Å². The molecule has 246 valence electrons. The van der Waals surface area contributed by atoms with Crippen molar-refractivity contribution < 1.29 is 27.1 Å². The quantitative estimate of drug-likeness (QED) is 0.106. The number of carbonyl (C=O) groups is 1. The highest BCUT2D eigenvalue weighted by Gasteiger charge is 2.32. The maximum Gasteiger partial charge on any atom is 0.261 e. The van der Waals surface area contributed by atoms with Gasteiger partial charge in [-0.25, -0.2) is 27.5 Å². The summed E-state index contributed by atoms with van der Waals surface area (Å²) in [5, 5.41) is 9.36. The van der Waals surface area contributed by atoms with E-state index in [-0.39, 0.29) is 42.5 Å². The van der Waals surface area contributed by atoms with E-state index in [0.717, 1.165) is 18.9 Å². The Morgan fingerprint density at radius 1 is 1.04 bits per heavy atom. The van der Waals surface area contributed by atoms with Gasteiger partial charge in [0.15, 0.2) is 0 Å². The van der Waals surface area contributed by atoms with Crippen molar-refractivity contribution >= 4 is 28.9 Å². The topological polar surface area (TPSA) is 92.8 Å².